The van der Waals surface area contributed by atoms with E-state index in [0.29, 0.717) is 0 Å². The van der Waals surface area contributed by atoms with Gasteiger partial charge < -0.3 is 15.0 Å². The van der Waals surface area contributed by atoms with E-state index < -0.39 is 0 Å². The van der Waals surface area contributed by atoms with E-state index in [1.807, 2.05) is 13.8 Å². The van der Waals surface area contributed by atoms with Gasteiger partial charge in [0.25, 0.3) is 0 Å². The van der Waals surface area contributed by atoms with E-state index in [9.17, 15) is 0 Å². The largest absolute Gasteiger partial charge is 0.382 e. The SMILES string of the molecule is CCN(CC)CC.CCNCC.CCOCC. The molecule has 0 rings (SSSR count). The number of hydrogen-bond donors (Lipinski definition) is 1. The average molecular weight is 248 g/mol. The third-order valence-electron chi connectivity index (χ3n) is 2.25. The zero-order chi connectivity index (χ0) is 13.9. The van der Waals surface area contributed by atoms with Crippen molar-refractivity contribution in [3.05, 3.63) is 0 Å². The Hall–Kier alpha value is -0.120. The number of hydrogen-bond acceptors (Lipinski definition) is 3. The fourth-order valence-electron chi connectivity index (χ4n) is 1.12. The van der Waals surface area contributed by atoms with Crippen molar-refractivity contribution in [2.24, 2.45) is 0 Å². The first-order valence-electron chi connectivity index (χ1n) is 7.18. The van der Waals surface area contributed by atoms with Gasteiger partial charge in [-0.3, -0.25) is 0 Å². The highest BCUT2D eigenvalue weighted by atomic mass is 16.5. The maximum Gasteiger partial charge on any atom is 0.0437 e. The Kier molecular flexibility index (Phi) is 32.4. The molecule has 108 valence electrons. The van der Waals surface area contributed by atoms with Crippen LogP contribution in [0.2, 0.25) is 0 Å². The van der Waals surface area contributed by atoms with E-state index in [2.05, 4.69) is 44.8 Å². The molecule has 3 nitrogen and oxygen atoms in total. The van der Waals surface area contributed by atoms with Crippen LogP contribution in [0.5, 0.6) is 0 Å². The fraction of sp³-hybridized carbons (Fsp3) is 1.00. The Morgan fingerprint density at radius 1 is 0.706 bits per heavy atom. The van der Waals surface area contributed by atoms with Crippen LogP contribution in [0.3, 0.4) is 0 Å². The van der Waals surface area contributed by atoms with Crippen LogP contribution in [-0.4, -0.2) is 50.8 Å². The molecule has 0 heterocycles. The van der Waals surface area contributed by atoms with E-state index in [0.717, 1.165) is 26.3 Å². The summed E-state index contributed by atoms with van der Waals surface area (Å²) in [5.74, 6) is 0. The molecule has 17 heavy (non-hydrogen) atoms. The zero-order valence-electron chi connectivity index (χ0n) is 13.3. The van der Waals surface area contributed by atoms with Gasteiger partial charge in [0, 0.05) is 13.2 Å². The summed E-state index contributed by atoms with van der Waals surface area (Å²) in [6.45, 7) is 22.2. The van der Waals surface area contributed by atoms with Crippen LogP contribution >= 0.6 is 0 Å². The van der Waals surface area contributed by atoms with Crippen LogP contribution in [0.25, 0.3) is 0 Å². The van der Waals surface area contributed by atoms with Crippen molar-refractivity contribution in [1.82, 2.24) is 10.2 Å². The summed E-state index contributed by atoms with van der Waals surface area (Å²) in [7, 11) is 0. The average Bonchev–Trinajstić information content (AvgIpc) is 2.35. The molecule has 0 aliphatic carbocycles. The molecule has 0 aliphatic rings. The lowest BCUT2D eigenvalue weighted by Crippen LogP contribution is -2.21. The summed E-state index contributed by atoms with van der Waals surface area (Å²) in [6, 6.07) is 0. The van der Waals surface area contributed by atoms with E-state index in [1.54, 1.807) is 0 Å². The van der Waals surface area contributed by atoms with Gasteiger partial charge in [0.2, 0.25) is 0 Å². The minimum atomic E-state index is 0.844. The van der Waals surface area contributed by atoms with E-state index in [4.69, 9.17) is 4.74 Å². The van der Waals surface area contributed by atoms with Gasteiger partial charge >= 0.3 is 0 Å². The Balaban J connectivity index is -0.000000177. The molecule has 0 bridgehead atoms. The molecule has 0 saturated carbocycles. The molecule has 0 saturated heterocycles. The van der Waals surface area contributed by atoms with Crippen LogP contribution in [0, 0.1) is 0 Å². The lowest BCUT2D eigenvalue weighted by Gasteiger charge is -2.13. The van der Waals surface area contributed by atoms with Crippen LogP contribution in [-0.2, 0) is 4.74 Å². The number of nitrogens with zero attached hydrogens (tertiary/aromatic N) is 1. The Morgan fingerprint density at radius 2 is 1.06 bits per heavy atom. The fourth-order valence-corrected chi connectivity index (χ4v) is 1.12. The van der Waals surface area contributed by atoms with Gasteiger partial charge in [-0.1, -0.05) is 34.6 Å². The predicted molar refractivity (Wildman–Crippen MR) is 79.8 cm³/mol. The topological polar surface area (TPSA) is 24.5 Å². The van der Waals surface area contributed by atoms with Crippen molar-refractivity contribution >= 4 is 0 Å². The molecule has 0 aliphatic heterocycles. The highest BCUT2D eigenvalue weighted by Gasteiger charge is 1.89. The highest BCUT2D eigenvalue weighted by Crippen LogP contribution is 1.81. The highest BCUT2D eigenvalue weighted by molar-refractivity contribution is 4.43. The van der Waals surface area contributed by atoms with Gasteiger partial charge in [0.15, 0.2) is 0 Å². The summed E-state index contributed by atoms with van der Waals surface area (Å²) in [6.07, 6.45) is 0. The standard InChI is InChI=1S/C6H15N.C4H11N.C4H10O/c1-4-7(5-2)6-3;2*1-3-5-4-2/h4-6H2,1-3H3;5H,3-4H2,1-2H3;3-4H2,1-2H3. The van der Waals surface area contributed by atoms with Crippen molar-refractivity contribution in [1.29, 1.82) is 0 Å². The molecule has 0 fully saturated rings. The number of nitrogens with one attached hydrogen (secondary N) is 1. The second kappa shape index (κ2) is 24.9. The molecule has 0 aromatic carbocycles. The van der Waals surface area contributed by atoms with E-state index >= 15 is 0 Å². The molecule has 0 aromatic rings. The first-order chi connectivity index (χ1) is 8.17. The monoisotopic (exact) mass is 248 g/mol. The third-order valence-corrected chi connectivity index (χ3v) is 2.25. The van der Waals surface area contributed by atoms with Gasteiger partial charge in [-0.15, -0.1) is 0 Å². The summed E-state index contributed by atoms with van der Waals surface area (Å²) >= 11 is 0. The Bertz CT molecular complexity index is 80.7. The van der Waals surface area contributed by atoms with E-state index in [-0.39, 0.29) is 0 Å². The van der Waals surface area contributed by atoms with Gasteiger partial charge in [-0.2, -0.15) is 0 Å². The van der Waals surface area contributed by atoms with Crippen molar-refractivity contribution in [2.45, 2.75) is 48.5 Å². The molecule has 1 N–H and O–H groups in total. The molecular weight excluding hydrogens is 212 g/mol. The van der Waals surface area contributed by atoms with Crippen molar-refractivity contribution in [3.63, 3.8) is 0 Å². The Morgan fingerprint density at radius 3 is 1.06 bits per heavy atom. The molecule has 0 radical (unpaired) electrons. The first kappa shape index (κ1) is 22.1. The smallest absolute Gasteiger partial charge is 0.0437 e. The summed E-state index contributed by atoms with van der Waals surface area (Å²) in [4.78, 5) is 2.38. The minimum absolute atomic E-state index is 0.844. The van der Waals surface area contributed by atoms with Gasteiger partial charge in [0.05, 0.1) is 0 Å². The van der Waals surface area contributed by atoms with Crippen LogP contribution in [0.1, 0.15) is 48.5 Å². The molecule has 3 heteroatoms. The van der Waals surface area contributed by atoms with Crippen LogP contribution < -0.4 is 5.32 Å². The summed E-state index contributed by atoms with van der Waals surface area (Å²) in [5.41, 5.74) is 0. The maximum absolute atomic E-state index is 4.83. The minimum Gasteiger partial charge on any atom is -0.382 e. The molecule has 0 spiro atoms. The van der Waals surface area contributed by atoms with Crippen molar-refractivity contribution in [3.8, 4) is 0 Å². The third kappa shape index (κ3) is 31.3. The van der Waals surface area contributed by atoms with Crippen molar-refractivity contribution in [2.75, 3.05) is 45.9 Å². The number of ether oxygens (including phenoxy) is 1. The quantitative estimate of drug-likeness (QED) is 0.749. The number of rotatable bonds is 7. The lowest BCUT2D eigenvalue weighted by molar-refractivity contribution is 0.162. The summed E-state index contributed by atoms with van der Waals surface area (Å²) < 4.78 is 4.83. The van der Waals surface area contributed by atoms with E-state index in [1.165, 1.54) is 19.6 Å². The second-order valence-corrected chi connectivity index (χ2v) is 3.36. The molecule has 0 aromatic heterocycles. The first-order valence-corrected chi connectivity index (χ1v) is 7.18. The van der Waals surface area contributed by atoms with Gasteiger partial charge in [-0.05, 0) is 46.6 Å². The molecule has 0 amide bonds. The van der Waals surface area contributed by atoms with Gasteiger partial charge in [0.1, 0.15) is 0 Å². The van der Waals surface area contributed by atoms with Crippen LogP contribution in [0.4, 0.5) is 0 Å². The van der Waals surface area contributed by atoms with Crippen molar-refractivity contribution < 1.29 is 4.74 Å². The molecule has 0 atom stereocenters. The van der Waals surface area contributed by atoms with Gasteiger partial charge in [-0.25, -0.2) is 0 Å². The lowest BCUT2D eigenvalue weighted by atomic mass is 10.5. The maximum atomic E-state index is 4.83. The second-order valence-electron chi connectivity index (χ2n) is 3.36. The summed E-state index contributed by atoms with van der Waals surface area (Å²) in [5, 5.41) is 3.11. The van der Waals surface area contributed by atoms with Crippen LogP contribution in [0.15, 0.2) is 0 Å². The molecule has 0 unspecified atom stereocenters. The normalized spacial score (nSPS) is 9.18. The Labute approximate surface area is 110 Å². The molecular formula is C14H36N2O. The predicted octanol–water partition coefficient (Wildman–Crippen LogP) is 3.01. The zero-order valence-corrected chi connectivity index (χ0v) is 13.3.